The summed E-state index contributed by atoms with van der Waals surface area (Å²) < 4.78 is 5.00. The lowest BCUT2D eigenvalue weighted by Crippen LogP contribution is -2.20. The third-order valence-corrected chi connectivity index (χ3v) is 6.32. The van der Waals surface area contributed by atoms with Gasteiger partial charge in [0.1, 0.15) is 10.6 Å². The molecule has 0 saturated heterocycles. The van der Waals surface area contributed by atoms with E-state index in [1.807, 2.05) is 11.4 Å². The van der Waals surface area contributed by atoms with Crippen molar-refractivity contribution in [1.29, 1.82) is 0 Å². The number of aryl methyl sites for hydroxylation is 2. The standard InChI is InChI=1S/C23H21ClN2O3S/c1-29-22(27)20-19(16-7-6-14-4-2-3-5-15(14)12-16)13-30-21(20)26-23(28)25-18-10-8-17(24)9-11-18/h6-13H,2-5H2,1H3,(H2,25,26,28). The number of urea groups is 1. The van der Waals surface area contributed by atoms with Crippen LogP contribution >= 0.6 is 22.9 Å². The number of thiophene rings is 1. The first-order chi connectivity index (χ1) is 14.5. The predicted molar refractivity (Wildman–Crippen MR) is 122 cm³/mol. The Labute approximate surface area is 184 Å². The number of carbonyl (C=O) groups excluding carboxylic acids is 2. The number of rotatable bonds is 4. The van der Waals surface area contributed by atoms with Crippen LogP contribution in [0.3, 0.4) is 0 Å². The Morgan fingerprint density at radius 3 is 2.47 bits per heavy atom. The van der Waals surface area contributed by atoms with Crippen molar-refractivity contribution in [3.05, 3.63) is 69.6 Å². The molecule has 3 aromatic rings. The number of nitrogens with one attached hydrogen (secondary N) is 2. The van der Waals surface area contributed by atoms with Crippen molar-refractivity contribution in [2.75, 3.05) is 17.7 Å². The van der Waals surface area contributed by atoms with E-state index in [1.165, 1.54) is 42.4 Å². The molecule has 5 nitrogen and oxygen atoms in total. The molecule has 2 aromatic carbocycles. The summed E-state index contributed by atoms with van der Waals surface area (Å²) in [6.45, 7) is 0. The zero-order valence-electron chi connectivity index (χ0n) is 16.5. The van der Waals surface area contributed by atoms with Crippen LogP contribution in [0.25, 0.3) is 11.1 Å². The molecule has 0 atom stereocenters. The first-order valence-corrected chi connectivity index (χ1v) is 11.0. The maximum atomic E-state index is 12.6. The Morgan fingerprint density at radius 2 is 1.73 bits per heavy atom. The summed E-state index contributed by atoms with van der Waals surface area (Å²) in [5.41, 5.74) is 5.39. The van der Waals surface area contributed by atoms with E-state index in [2.05, 4.69) is 22.8 Å². The first kappa shape index (κ1) is 20.4. The van der Waals surface area contributed by atoms with Gasteiger partial charge in [0.05, 0.1) is 7.11 Å². The molecule has 0 bridgehead atoms. The van der Waals surface area contributed by atoms with Gasteiger partial charge in [0, 0.05) is 21.7 Å². The van der Waals surface area contributed by atoms with Gasteiger partial charge in [-0.05, 0) is 66.6 Å². The third-order valence-electron chi connectivity index (χ3n) is 5.17. The normalized spacial score (nSPS) is 12.7. The van der Waals surface area contributed by atoms with Crippen LogP contribution in [0.2, 0.25) is 5.02 Å². The minimum Gasteiger partial charge on any atom is -0.465 e. The summed E-state index contributed by atoms with van der Waals surface area (Å²) in [7, 11) is 1.34. The van der Waals surface area contributed by atoms with Gasteiger partial charge in [-0.25, -0.2) is 9.59 Å². The van der Waals surface area contributed by atoms with Gasteiger partial charge in [-0.3, -0.25) is 5.32 Å². The minimum absolute atomic E-state index is 0.365. The number of ether oxygens (including phenoxy) is 1. The van der Waals surface area contributed by atoms with E-state index < -0.39 is 12.0 Å². The van der Waals surface area contributed by atoms with Crippen LogP contribution in [0.15, 0.2) is 47.8 Å². The number of esters is 1. The number of halogens is 1. The van der Waals surface area contributed by atoms with Crippen molar-refractivity contribution in [2.45, 2.75) is 25.7 Å². The fourth-order valence-corrected chi connectivity index (χ4v) is 4.75. The monoisotopic (exact) mass is 440 g/mol. The van der Waals surface area contributed by atoms with Gasteiger partial charge >= 0.3 is 12.0 Å². The second kappa shape index (κ2) is 8.90. The lowest BCUT2D eigenvalue weighted by atomic mass is 9.89. The lowest BCUT2D eigenvalue weighted by Gasteiger charge is -2.16. The maximum Gasteiger partial charge on any atom is 0.341 e. The van der Waals surface area contributed by atoms with E-state index in [0.717, 1.165) is 24.0 Å². The number of hydrogen-bond acceptors (Lipinski definition) is 4. The molecule has 1 aliphatic carbocycles. The molecule has 2 amide bonds. The molecule has 1 heterocycles. The second-order valence-corrected chi connectivity index (χ2v) is 8.44. The van der Waals surface area contributed by atoms with Gasteiger partial charge in [0.15, 0.2) is 0 Å². The largest absolute Gasteiger partial charge is 0.465 e. The zero-order valence-corrected chi connectivity index (χ0v) is 18.0. The van der Waals surface area contributed by atoms with Gasteiger partial charge in [-0.1, -0.05) is 29.8 Å². The van der Waals surface area contributed by atoms with E-state index in [9.17, 15) is 9.59 Å². The van der Waals surface area contributed by atoms with Crippen molar-refractivity contribution in [1.82, 2.24) is 0 Å². The van der Waals surface area contributed by atoms with Gasteiger partial charge < -0.3 is 10.1 Å². The molecule has 0 unspecified atom stereocenters. The molecule has 4 rings (SSSR count). The fourth-order valence-electron chi connectivity index (χ4n) is 3.67. The van der Waals surface area contributed by atoms with Crippen molar-refractivity contribution in [3.63, 3.8) is 0 Å². The molecule has 0 spiro atoms. The number of methoxy groups -OCH3 is 1. The number of benzene rings is 2. The fraction of sp³-hybridized carbons (Fsp3) is 0.217. The Hall–Kier alpha value is -2.83. The Bertz CT molecular complexity index is 1090. The van der Waals surface area contributed by atoms with E-state index in [-0.39, 0.29) is 0 Å². The molecule has 7 heteroatoms. The molecule has 154 valence electrons. The number of fused-ring (bicyclic) bond motifs is 1. The van der Waals surface area contributed by atoms with Crippen LogP contribution in [0.1, 0.15) is 34.3 Å². The molecular weight excluding hydrogens is 420 g/mol. The minimum atomic E-state index is -0.481. The maximum absolute atomic E-state index is 12.6. The first-order valence-electron chi connectivity index (χ1n) is 9.70. The number of anilines is 2. The lowest BCUT2D eigenvalue weighted by molar-refractivity contribution is 0.0603. The van der Waals surface area contributed by atoms with Crippen LogP contribution in [0, 0.1) is 0 Å². The van der Waals surface area contributed by atoms with Gasteiger partial charge in [-0.15, -0.1) is 11.3 Å². The van der Waals surface area contributed by atoms with Crippen molar-refractivity contribution >= 4 is 45.6 Å². The Kier molecular flexibility index (Phi) is 6.06. The van der Waals surface area contributed by atoms with E-state index in [4.69, 9.17) is 16.3 Å². The van der Waals surface area contributed by atoms with Crippen LogP contribution < -0.4 is 10.6 Å². The summed E-state index contributed by atoms with van der Waals surface area (Å²) >= 11 is 7.18. The van der Waals surface area contributed by atoms with Crippen molar-refractivity contribution in [3.8, 4) is 11.1 Å². The van der Waals surface area contributed by atoms with Crippen LogP contribution in [0.4, 0.5) is 15.5 Å². The molecule has 30 heavy (non-hydrogen) atoms. The summed E-state index contributed by atoms with van der Waals surface area (Å²) in [6.07, 6.45) is 4.55. The Balaban J connectivity index is 1.61. The summed E-state index contributed by atoms with van der Waals surface area (Å²) in [5, 5.41) is 8.43. The zero-order chi connectivity index (χ0) is 21.1. The predicted octanol–water partition coefficient (Wildman–Crippen LogP) is 6.38. The van der Waals surface area contributed by atoms with E-state index >= 15 is 0 Å². The quantitative estimate of drug-likeness (QED) is 0.462. The number of hydrogen-bond donors (Lipinski definition) is 2. The highest BCUT2D eigenvalue weighted by atomic mass is 35.5. The molecule has 1 aromatic heterocycles. The second-order valence-electron chi connectivity index (χ2n) is 7.12. The highest BCUT2D eigenvalue weighted by molar-refractivity contribution is 7.15. The van der Waals surface area contributed by atoms with Crippen LogP contribution in [0.5, 0.6) is 0 Å². The molecule has 0 fully saturated rings. The molecular formula is C23H21ClN2O3S. The smallest absolute Gasteiger partial charge is 0.341 e. The SMILES string of the molecule is COC(=O)c1c(-c2ccc3c(c2)CCCC3)csc1NC(=O)Nc1ccc(Cl)cc1. The van der Waals surface area contributed by atoms with Crippen molar-refractivity contribution < 1.29 is 14.3 Å². The van der Waals surface area contributed by atoms with Crippen molar-refractivity contribution in [2.24, 2.45) is 0 Å². The van der Waals surface area contributed by atoms with Gasteiger partial charge in [0.2, 0.25) is 0 Å². The molecule has 2 N–H and O–H groups in total. The summed E-state index contributed by atoms with van der Waals surface area (Å²) in [4.78, 5) is 25.0. The summed E-state index contributed by atoms with van der Waals surface area (Å²) in [5.74, 6) is -0.481. The average molecular weight is 441 g/mol. The highest BCUT2D eigenvalue weighted by Crippen LogP contribution is 2.37. The molecule has 1 aliphatic rings. The van der Waals surface area contributed by atoms with Gasteiger partial charge in [-0.2, -0.15) is 0 Å². The molecule has 0 saturated carbocycles. The Morgan fingerprint density at radius 1 is 1.00 bits per heavy atom. The topological polar surface area (TPSA) is 67.4 Å². The summed E-state index contributed by atoms with van der Waals surface area (Å²) in [6, 6.07) is 12.7. The van der Waals surface area contributed by atoms with Gasteiger partial charge in [0.25, 0.3) is 0 Å². The molecule has 0 radical (unpaired) electrons. The number of carbonyl (C=O) groups is 2. The van der Waals surface area contributed by atoms with E-state index in [0.29, 0.717) is 21.3 Å². The average Bonchev–Trinajstić information content (AvgIpc) is 3.17. The number of amides is 2. The van der Waals surface area contributed by atoms with Crippen LogP contribution in [-0.2, 0) is 17.6 Å². The third kappa shape index (κ3) is 4.35. The van der Waals surface area contributed by atoms with Crippen LogP contribution in [-0.4, -0.2) is 19.1 Å². The molecule has 0 aliphatic heterocycles. The van der Waals surface area contributed by atoms with E-state index in [1.54, 1.807) is 24.3 Å². The highest BCUT2D eigenvalue weighted by Gasteiger charge is 2.23.